The molecule has 0 spiro atoms. The van der Waals surface area contributed by atoms with Gasteiger partial charge in [0.2, 0.25) is 0 Å². The lowest BCUT2D eigenvalue weighted by Crippen LogP contribution is -2.37. The Hall–Kier alpha value is -1.71. The molecule has 0 aliphatic heterocycles. The number of halogens is 1. The molecular weight excluding hydrogens is 263 g/mol. The van der Waals surface area contributed by atoms with Crippen LogP contribution in [0.2, 0.25) is 0 Å². The van der Waals surface area contributed by atoms with Gasteiger partial charge in [-0.25, -0.2) is 4.39 Å². The van der Waals surface area contributed by atoms with Gasteiger partial charge < -0.3 is 5.73 Å². The van der Waals surface area contributed by atoms with Gasteiger partial charge in [0.1, 0.15) is 5.82 Å². The van der Waals surface area contributed by atoms with Crippen molar-refractivity contribution in [2.24, 2.45) is 5.73 Å². The summed E-state index contributed by atoms with van der Waals surface area (Å²) in [6.45, 7) is 4.50. The third-order valence-corrected chi connectivity index (χ3v) is 3.69. The summed E-state index contributed by atoms with van der Waals surface area (Å²) in [7, 11) is 0. The van der Waals surface area contributed by atoms with Gasteiger partial charge in [-0.1, -0.05) is 42.5 Å². The molecule has 2 aromatic rings. The molecule has 1 atom stereocenters. The third kappa shape index (κ3) is 4.96. The van der Waals surface area contributed by atoms with Crippen LogP contribution in [0.15, 0.2) is 54.6 Å². The molecule has 0 saturated carbocycles. The first-order valence-electron chi connectivity index (χ1n) is 7.41. The molecule has 0 radical (unpaired) electrons. The fourth-order valence-electron chi connectivity index (χ4n) is 2.57. The lowest BCUT2D eigenvalue weighted by atomic mass is 10.0. The Morgan fingerprint density at radius 2 is 1.76 bits per heavy atom. The molecule has 0 aromatic heterocycles. The Bertz CT molecular complexity index is 542. The number of hydrogen-bond donors (Lipinski definition) is 1. The number of nitrogens with zero attached hydrogens (tertiary/aromatic N) is 1. The van der Waals surface area contributed by atoms with Crippen molar-refractivity contribution in [3.63, 3.8) is 0 Å². The molecule has 112 valence electrons. The fourth-order valence-corrected chi connectivity index (χ4v) is 2.57. The molecule has 0 heterocycles. The molecule has 0 fully saturated rings. The third-order valence-electron chi connectivity index (χ3n) is 3.69. The molecule has 0 aliphatic rings. The van der Waals surface area contributed by atoms with Crippen molar-refractivity contribution in [2.75, 3.05) is 13.1 Å². The van der Waals surface area contributed by atoms with E-state index in [2.05, 4.69) is 24.0 Å². The van der Waals surface area contributed by atoms with Crippen LogP contribution in [0.1, 0.15) is 18.1 Å². The first kappa shape index (κ1) is 15.7. The van der Waals surface area contributed by atoms with Gasteiger partial charge in [0, 0.05) is 25.7 Å². The topological polar surface area (TPSA) is 29.3 Å². The molecule has 0 amide bonds. The van der Waals surface area contributed by atoms with Crippen molar-refractivity contribution in [3.8, 4) is 0 Å². The zero-order valence-corrected chi connectivity index (χ0v) is 12.5. The quantitative estimate of drug-likeness (QED) is 0.847. The number of benzene rings is 2. The van der Waals surface area contributed by atoms with Crippen molar-refractivity contribution in [2.45, 2.75) is 25.9 Å². The Balaban J connectivity index is 2.03. The summed E-state index contributed by atoms with van der Waals surface area (Å²) in [4.78, 5) is 2.35. The zero-order chi connectivity index (χ0) is 15.1. The summed E-state index contributed by atoms with van der Waals surface area (Å²) in [6.07, 6.45) is 0.824. The summed E-state index contributed by atoms with van der Waals surface area (Å²) in [5.74, 6) is -0.173. The van der Waals surface area contributed by atoms with Crippen LogP contribution in [0.4, 0.5) is 4.39 Å². The average molecular weight is 286 g/mol. The lowest BCUT2D eigenvalue weighted by molar-refractivity contribution is 0.204. The van der Waals surface area contributed by atoms with Gasteiger partial charge in [-0.05, 0) is 36.6 Å². The average Bonchev–Trinajstić information content (AvgIpc) is 2.48. The summed E-state index contributed by atoms with van der Waals surface area (Å²) >= 11 is 0. The molecule has 2 nitrogen and oxygen atoms in total. The minimum absolute atomic E-state index is 0.173. The second-order valence-corrected chi connectivity index (χ2v) is 5.43. The molecule has 2 N–H and O–H groups in total. The van der Waals surface area contributed by atoms with Crippen LogP contribution in [0, 0.1) is 5.82 Å². The van der Waals surface area contributed by atoms with E-state index in [9.17, 15) is 4.39 Å². The molecule has 21 heavy (non-hydrogen) atoms. The Labute approximate surface area is 126 Å². The van der Waals surface area contributed by atoms with Crippen LogP contribution in [0.5, 0.6) is 0 Å². The molecule has 0 saturated heterocycles. The first-order valence-corrected chi connectivity index (χ1v) is 7.41. The summed E-state index contributed by atoms with van der Waals surface area (Å²) < 4.78 is 13.3. The number of rotatable bonds is 7. The monoisotopic (exact) mass is 286 g/mol. The van der Waals surface area contributed by atoms with E-state index in [-0.39, 0.29) is 5.82 Å². The van der Waals surface area contributed by atoms with E-state index < -0.39 is 0 Å². The lowest BCUT2D eigenvalue weighted by Gasteiger charge is -2.29. The largest absolute Gasteiger partial charge is 0.329 e. The first-order chi connectivity index (χ1) is 10.2. The van der Waals surface area contributed by atoms with Gasteiger partial charge in [0.05, 0.1) is 0 Å². The molecule has 0 aliphatic carbocycles. The molecule has 2 rings (SSSR count). The van der Waals surface area contributed by atoms with E-state index in [1.807, 2.05) is 24.3 Å². The maximum Gasteiger partial charge on any atom is 0.123 e. The summed E-state index contributed by atoms with van der Waals surface area (Å²) in [6, 6.07) is 17.5. The number of hydrogen-bond acceptors (Lipinski definition) is 2. The highest BCUT2D eigenvalue weighted by Crippen LogP contribution is 2.13. The van der Waals surface area contributed by atoms with E-state index in [4.69, 9.17) is 5.73 Å². The minimum Gasteiger partial charge on any atom is -0.329 e. The Morgan fingerprint density at radius 3 is 2.43 bits per heavy atom. The Kier molecular flexibility index (Phi) is 5.90. The molecule has 2 aromatic carbocycles. The van der Waals surface area contributed by atoms with Crippen LogP contribution < -0.4 is 5.73 Å². The number of nitrogens with two attached hydrogens (primary N) is 1. The second kappa shape index (κ2) is 7.91. The van der Waals surface area contributed by atoms with Crippen molar-refractivity contribution >= 4 is 0 Å². The van der Waals surface area contributed by atoms with E-state index in [0.717, 1.165) is 25.1 Å². The highest BCUT2D eigenvalue weighted by molar-refractivity contribution is 5.18. The molecule has 3 heteroatoms. The fraction of sp³-hybridized carbons (Fsp3) is 0.333. The van der Waals surface area contributed by atoms with Crippen molar-refractivity contribution in [3.05, 3.63) is 71.5 Å². The maximum atomic E-state index is 13.3. The van der Waals surface area contributed by atoms with Gasteiger partial charge in [-0.15, -0.1) is 0 Å². The summed E-state index contributed by atoms with van der Waals surface area (Å²) in [5.41, 5.74) is 8.04. The van der Waals surface area contributed by atoms with Gasteiger partial charge in [0.15, 0.2) is 0 Å². The van der Waals surface area contributed by atoms with Gasteiger partial charge in [0.25, 0.3) is 0 Å². The molecule has 0 bridgehead atoms. The van der Waals surface area contributed by atoms with E-state index in [0.29, 0.717) is 12.6 Å². The van der Waals surface area contributed by atoms with Crippen LogP contribution in [-0.2, 0) is 13.0 Å². The predicted octanol–water partition coefficient (Wildman–Crippen LogP) is 3.22. The highest BCUT2D eigenvalue weighted by atomic mass is 19.1. The summed E-state index contributed by atoms with van der Waals surface area (Å²) in [5, 5.41) is 0. The minimum atomic E-state index is -0.173. The van der Waals surface area contributed by atoms with Gasteiger partial charge in [-0.2, -0.15) is 0 Å². The van der Waals surface area contributed by atoms with E-state index in [1.165, 1.54) is 11.6 Å². The van der Waals surface area contributed by atoms with Gasteiger partial charge in [-0.3, -0.25) is 4.90 Å². The SMILES string of the molecule is CC(Cc1cccc(F)c1)N(CCN)Cc1ccccc1. The standard InChI is InChI=1S/C18H23FN2/c1-15(12-17-8-5-9-18(19)13-17)21(11-10-20)14-16-6-3-2-4-7-16/h2-9,13,15H,10-12,14,20H2,1H3. The van der Waals surface area contributed by atoms with Crippen LogP contribution in [-0.4, -0.2) is 24.0 Å². The van der Waals surface area contributed by atoms with E-state index >= 15 is 0 Å². The maximum absolute atomic E-state index is 13.3. The van der Waals surface area contributed by atoms with Gasteiger partial charge >= 0.3 is 0 Å². The van der Waals surface area contributed by atoms with Crippen molar-refractivity contribution in [1.82, 2.24) is 4.90 Å². The van der Waals surface area contributed by atoms with E-state index in [1.54, 1.807) is 12.1 Å². The second-order valence-electron chi connectivity index (χ2n) is 5.43. The normalized spacial score (nSPS) is 12.6. The highest BCUT2D eigenvalue weighted by Gasteiger charge is 2.14. The van der Waals surface area contributed by atoms with Crippen LogP contribution >= 0.6 is 0 Å². The smallest absolute Gasteiger partial charge is 0.123 e. The Morgan fingerprint density at radius 1 is 1.05 bits per heavy atom. The predicted molar refractivity (Wildman–Crippen MR) is 85.5 cm³/mol. The van der Waals surface area contributed by atoms with Crippen LogP contribution in [0.3, 0.4) is 0 Å². The van der Waals surface area contributed by atoms with Crippen LogP contribution in [0.25, 0.3) is 0 Å². The van der Waals surface area contributed by atoms with Crippen molar-refractivity contribution < 1.29 is 4.39 Å². The zero-order valence-electron chi connectivity index (χ0n) is 12.5. The molecule has 1 unspecified atom stereocenters. The molecular formula is C18H23FN2. The van der Waals surface area contributed by atoms with Crippen molar-refractivity contribution in [1.29, 1.82) is 0 Å².